The van der Waals surface area contributed by atoms with E-state index in [0.717, 1.165) is 66.6 Å². The van der Waals surface area contributed by atoms with E-state index in [0.29, 0.717) is 6.73 Å². The van der Waals surface area contributed by atoms with Crippen LogP contribution >= 0.6 is 11.3 Å². The molecule has 1 atom stereocenters. The fourth-order valence-corrected chi connectivity index (χ4v) is 5.93. The molecule has 174 valence electrons. The topological polar surface area (TPSA) is 69.2 Å². The Labute approximate surface area is 196 Å². The number of nitrogens with two attached hydrogens (primary N) is 1. The third-order valence-electron chi connectivity index (χ3n) is 6.47. The van der Waals surface area contributed by atoms with Crippen molar-refractivity contribution in [3.05, 3.63) is 29.5 Å². The van der Waals surface area contributed by atoms with Crippen molar-refractivity contribution in [3.63, 3.8) is 0 Å². The molecule has 3 aromatic heterocycles. The number of anilines is 1. The summed E-state index contributed by atoms with van der Waals surface area (Å²) in [5.74, 6) is 0. The van der Waals surface area contributed by atoms with Gasteiger partial charge in [-0.25, -0.2) is 9.97 Å². The van der Waals surface area contributed by atoms with E-state index in [1.165, 1.54) is 10.6 Å². The third kappa shape index (κ3) is 5.08. The van der Waals surface area contributed by atoms with Gasteiger partial charge in [-0.2, -0.15) is 0 Å². The summed E-state index contributed by atoms with van der Waals surface area (Å²) in [5.41, 5.74) is 9.89. The van der Waals surface area contributed by atoms with E-state index in [4.69, 9.17) is 20.4 Å². The van der Waals surface area contributed by atoms with Crippen molar-refractivity contribution in [1.29, 1.82) is 0 Å². The number of piperidine rings is 1. The minimum Gasteiger partial charge on any atom is -0.369 e. The van der Waals surface area contributed by atoms with Gasteiger partial charge in [0.15, 0.2) is 0 Å². The third-order valence-corrected chi connectivity index (χ3v) is 9.12. The number of hydrogen-bond donors (Lipinski definition) is 1. The highest BCUT2D eigenvalue weighted by Crippen LogP contribution is 2.39. The Morgan fingerprint density at radius 3 is 2.78 bits per heavy atom. The number of pyridine rings is 1. The SMILES string of the molecule is CCC1(N)CCCN(c2ccnc3c2c(-c2ncc(C)s2)cn3COCC[Si](C)(C)C)C1. The Morgan fingerprint density at radius 1 is 1.28 bits per heavy atom. The molecular weight excluding hydrogens is 434 g/mol. The first kappa shape index (κ1) is 23.4. The van der Waals surface area contributed by atoms with Crippen molar-refractivity contribution >= 4 is 36.1 Å². The summed E-state index contributed by atoms with van der Waals surface area (Å²) in [7, 11) is -1.12. The first-order valence-electron chi connectivity index (χ1n) is 11.7. The highest BCUT2D eigenvalue weighted by molar-refractivity contribution is 7.15. The second kappa shape index (κ2) is 9.25. The Morgan fingerprint density at radius 2 is 2.09 bits per heavy atom. The molecule has 0 radical (unpaired) electrons. The average Bonchev–Trinajstić information content (AvgIpc) is 3.34. The standard InChI is InChI=1S/C24H37N5OSSi/c1-6-24(25)9-7-11-28(16-24)20-8-10-26-22-21(20)19(23-27-14-18(2)31-23)15-29(22)17-30-12-13-32(3,4)5/h8,10,14-15H,6-7,9,11-13,16-17,25H2,1-5H3. The first-order valence-corrected chi connectivity index (χ1v) is 16.2. The Bertz CT molecular complexity index is 1070. The van der Waals surface area contributed by atoms with E-state index in [1.54, 1.807) is 11.3 Å². The van der Waals surface area contributed by atoms with Crippen molar-refractivity contribution < 1.29 is 4.74 Å². The van der Waals surface area contributed by atoms with Gasteiger partial charge in [0.2, 0.25) is 0 Å². The molecule has 1 unspecified atom stereocenters. The molecule has 4 heterocycles. The predicted octanol–water partition coefficient (Wildman–Crippen LogP) is 5.49. The van der Waals surface area contributed by atoms with Crippen LogP contribution in [0.4, 0.5) is 5.69 Å². The average molecular weight is 472 g/mol. The number of ether oxygens (including phenoxy) is 1. The highest BCUT2D eigenvalue weighted by Gasteiger charge is 2.31. The molecule has 3 aromatic rings. The summed E-state index contributed by atoms with van der Waals surface area (Å²) in [6.45, 7) is 14.6. The normalized spacial score (nSPS) is 19.8. The van der Waals surface area contributed by atoms with Crippen LogP contribution in [0.15, 0.2) is 24.7 Å². The van der Waals surface area contributed by atoms with E-state index >= 15 is 0 Å². The number of rotatable bonds is 8. The molecule has 0 saturated carbocycles. The van der Waals surface area contributed by atoms with Gasteiger partial charge < -0.3 is 19.9 Å². The minimum atomic E-state index is -1.12. The molecule has 0 bridgehead atoms. The number of thiazole rings is 1. The lowest BCUT2D eigenvalue weighted by Crippen LogP contribution is -2.54. The summed E-state index contributed by atoms with van der Waals surface area (Å²) in [6, 6.07) is 3.30. The fourth-order valence-electron chi connectivity index (χ4n) is 4.40. The largest absolute Gasteiger partial charge is 0.369 e. The summed E-state index contributed by atoms with van der Waals surface area (Å²) in [6.07, 6.45) is 9.23. The van der Waals surface area contributed by atoms with Crippen LogP contribution in [0.3, 0.4) is 0 Å². The van der Waals surface area contributed by atoms with Crippen LogP contribution in [0.25, 0.3) is 21.6 Å². The van der Waals surface area contributed by atoms with Gasteiger partial charge >= 0.3 is 0 Å². The van der Waals surface area contributed by atoms with Crippen LogP contribution in [0.2, 0.25) is 25.7 Å². The van der Waals surface area contributed by atoms with Crippen LogP contribution in [0.1, 0.15) is 31.1 Å². The van der Waals surface area contributed by atoms with Gasteiger partial charge in [0.25, 0.3) is 0 Å². The lowest BCUT2D eigenvalue weighted by Gasteiger charge is -2.41. The maximum Gasteiger partial charge on any atom is 0.144 e. The Balaban J connectivity index is 1.73. The maximum absolute atomic E-state index is 6.71. The Kier molecular flexibility index (Phi) is 6.77. The zero-order chi connectivity index (χ0) is 22.9. The quantitative estimate of drug-likeness (QED) is 0.348. The van der Waals surface area contributed by atoms with Crippen LogP contribution in [-0.4, -0.2) is 47.8 Å². The molecule has 1 fully saturated rings. The number of fused-ring (bicyclic) bond motifs is 1. The molecule has 0 aromatic carbocycles. The molecule has 2 N–H and O–H groups in total. The molecule has 6 nitrogen and oxygen atoms in total. The molecule has 0 aliphatic carbocycles. The van der Waals surface area contributed by atoms with Gasteiger partial charge in [0.1, 0.15) is 17.4 Å². The van der Waals surface area contributed by atoms with Crippen LogP contribution in [-0.2, 0) is 11.5 Å². The molecule has 0 spiro atoms. The number of aryl methyl sites for hydroxylation is 1. The maximum atomic E-state index is 6.71. The molecule has 1 aliphatic heterocycles. The Hall–Kier alpha value is -1.74. The second-order valence-electron chi connectivity index (χ2n) is 10.4. The molecular formula is C24H37N5OSSi. The summed E-state index contributed by atoms with van der Waals surface area (Å²) in [4.78, 5) is 13.2. The lowest BCUT2D eigenvalue weighted by atomic mass is 9.87. The highest BCUT2D eigenvalue weighted by atomic mass is 32.1. The van der Waals surface area contributed by atoms with Gasteiger partial charge in [-0.05, 0) is 38.3 Å². The van der Waals surface area contributed by atoms with Gasteiger partial charge in [-0.3, -0.25) is 0 Å². The van der Waals surface area contributed by atoms with Crippen LogP contribution in [0.5, 0.6) is 0 Å². The van der Waals surface area contributed by atoms with E-state index in [2.05, 4.69) is 55.2 Å². The van der Waals surface area contributed by atoms with Crippen molar-refractivity contribution in [2.24, 2.45) is 5.73 Å². The van der Waals surface area contributed by atoms with Crippen LogP contribution in [0, 0.1) is 6.92 Å². The van der Waals surface area contributed by atoms with E-state index in [-0.39, 0.29) is 5.54 Å². The van der Waals surface area contributed by atoms with Crippen molar-refractivity contribution in [3.8, 4) is 10.6 Å². The zero-order valence-electron chi connectivity index (χ0n) is 20.1. The summed E-state index contributed by atoms with van der Waals surface area (Å²) >= 11 is 1.73. The second-order valence-corrected chi connectivity index (χ2v) is 17.3. The lowest BCUT2D eigenvalue weighted by molar-refractivity contribution is 0.0899. The van der Waals surface area contributed by atoms with E-state index < -0.39 is 8.07 Å². The molecule has 32 heavy (non-hydrogen) atoms. The number of nitrogens with zero attached hydrogens (tertiary/aromatic N) is 4. The smallest absolute Gasteiger partial charge is 0.144 e. The predicted molar refractivity (Wildman–Crippen MR) is 138 cm³/mol. The van der Waals surface area contributed by atoms with E-state index in [1.807, 2.05) is 12.4 Å². The van der Waals surface area contributed by atoms with Gasteiger partial charge in [0, 0.05) is 62.3 Å². The van der Waals surface area contributed by atoms with E-state index in [9.17, 15) is 0 Å². The molecule has 0 amide bonds. The van der Waals surface area contributed by atoms with Crippen molar-refractivity contribution in [2.45, 2.75) is 71.1 Å². The molecule has 1 saturated heterocycles. The van der Waals surface area contributed by atoms with Gasteiger partial charge in [0.05, 0.1) is 11.1 Å². The first-order chi connectivity index (χ1) is 15.2. The van der Waals surface area contributed by atoms with Crippen molar-refractivity contribution in [1.82, 2.24) is 14.5 Å². The summed E-state index contributed by atoms with van der Waals surface area (Å²) in [5, 5.41) is 2.20. The number of hydrogen-bond acceptors (Lipinski definition) is 6. The molecule has 4 rings (SSSR count). The molecule has 1 aliphatic rings. The molecule has 8 heteroatoms. The van der Waals surface area contributed by atoms with Gasteiger partial charge in [-0.1, -0.05) is 26.6 Å². The number of aromatic nitrogens is 3. The zero-order valence-corrected chi connectivity index (χ0v) is 22.0. The fraction of sp³-hybridized carbons (Fsp3) is 0.583. The minimum absolute atomic E-state index is 0.131. The van der Waals surface area contributed by atoms with Gasteiger partial charge in [-0.15, -0.1) is 11.3 Å². The van der Waals surface area contributed by atoms with Crippen molar-refractivity contribution in [2.75, 3.05) is 24.6 Å². The monoisotopic (exact) mass is 471 g/mol. The summed E-state index contributed by atoms with van der Waals surface area (Å²) < 4.78 is 8.25. The van der Waals surface area contributed by atoms with Crippen LogP contribution < -0.4 is 10.6 Å².